The van der Waals surface area contributed by atoms with E-state index in [-0.39, 0.29) is 29.2 Å². The quantitative estimate of drug-likeness (QED) is 0.143. The molecule has 3 aromatic heterocycles. The van der Waals surface area contributed by atoms with Crippen molar-refractivity contribution in [1.29, 1.82) is 0 Å². The third kappa shape index (κ3) is 7.52. The number of hydrogen-bond donors (Lipinski definition) is 3. The molecule has 0 bridgehead atoms. The Labute approximate surface area is 362 Å². The van der Waals surface area contributed by atoms with E-state index < -0.39 is 30.0 Å². The van der Waals surface area contributed by atoms with Crippen molar-refractivity contribution in [2.75, 3.05) is 54.9 Å². The number of nitrogens with one attached hydrogen (secondary N) is 3. The third-order valence-corrected chi connectivity index (χ3v) is 14.3. The lowest BCUT2D eigenvalue weighted by molar-refractivity contribution is -0.134. The highest BCUT2D eigenvalue weighted by Crippen LogP contribution is 2.46. The maximum atomic E-state index is 15.2. The number of imide groups is 1. The highest BCUT2D eigenvalue weighted by Gasteiger charge is 2.51. The van der Waals surface area contributed by atoms with Crippen LogP contribution in [0.25, 0.3) is 21.8 Å². The van der Waals surface area contributed by atoms with E-state index in [1.54, 1.807) is 19.3 Å². The first-order valence-corrected chi connectivity index (χ1v) is 22.2. The van der Waals surface area contributed by atoms with Gasteiger partial charge in [-0.3, -0.25) is 24.4 Å². The van der Waals surface area contributed by atoms with Crippen LogP contribution >= 0.6 is 11.6 Å². The second-order valence-corrected chi connectivity index (χ2v) is 18.5. The van der Waals surface area contributed by atoms with Crippen molar-refractivity contribution in [3.05, 3.63) is 69.2 Å². The minimum absolute atomic E-state index is 0.104. The van der Waals surface area contributed by atoms with Gasteiger partial charge < -0.3 is 29.7 Å². The van der Waals surface area contributed by atoms with Crippen molar-refractivity contribution >= 4 is 68.4 Å². The summed E-state index contributed by atoms with van der Waals surface area (Å²) < 4.78 is 39.2. The molecule has 5 aromatic rings. The molecule has 1 aliphatic carbocycles. The number of rotatable bonds is 8. The molecule has 2 aromatic carbocycles. The lowest BCUT2D eigenvalue weighted by Crippen LogP contribution is -2.45. The summed E-state index contributed by atoms with van der Waals surface area (Å²) in [6.45, 7) is 6.17. The van der Waals surface area contributed by atoms with Gasteiger partial charge in [-0.2, -0.15) is 10.1 Å². The number of alkyl halides is 2. The molecule has 10 rings (SSSR count). The normalized spacial score (nSPS) is 24.6. The monoisotopic (exact) mass is 868 g/mol. The second kappa shape index (κ2) is 15.8. The molecule has 4 atom stereocenters. The number of fused-ring (bicyclic) bond motifs is 4. The molecule has 5 aliphatic rings. The predicted molar refractivity (Wildman–Crippen MR) is 234 cm³/mol. The molecule has 17 heteroatoms. The number of nitrogens with zero attached hydrogens (tertiary/aromatic N) is 7. The van der Waals surface area contributed by atoms with Crippen LogP contribution in [0.1, 0.15) is 75.0 Å². The van der Waals surface area contributed by atoms with Crippen molar-refractivity contribution in [1.82, 2.24) is 34.5 Å². The molecule has 2 amide bonds. The van der Waals surface area contributed by atoms with E-state index in [1.807, 2.05) is 23.9 Å². The molecule has 0 radical (unpaired) electrons. The van der Waals surface area contributed by atoms with Gasteiger partial charge in [0.1, 0.15) is 5.02 Å². The van der Waals surface area contributed by atoms with E-state index in [0.29, 0.717) is 76.8 Å². The van der Waals surface area contributed by atoms with E-state index >= 15 is 8.78 Å². The van der Waals surface area contributed by atoms with Gasteiger partial charge >= 0.3 is 5.92 Å². The van der Waals surface area contributed by atoms with Gasteiger partial charge in [-0.1, -0.05) is 30.7 Å². The summed E-state index contributed by atoms with van der Waals surface area (Å²) in [5.41, 5.74) is 4.07. The number of anilines is 4. The Morgan fingerprint density at radius 2 is 1.77 bits per heavy atom. The Morgan fingerprint density at radius 3 is 2.53 bits per heavy atom. The van der Waals surface area contributed by atoms with Crippen LogP contribution in [-0.4, -0.2) is 92.3 Å². The summed E-state index contributed by atoms with van der Waals surface area (Å²) in [6.07, 6.45) is 6.97. The fraction of sp³-hybridized carbons (Fsp3) is 0.511. The van der Waals surface area contributed by atoms with Crippen LogP contribution in [0, 0.1) is 17.8 Å². The maximum Gasteiger partial charge on any atom is 0.301 e. The number of aryl methyl sites for hydroxylation is 2. The van der Waals surface area contributed by atoms with E-state index in [0.717, 1.165) is 68.6 Å². The Hall–Kier alpha value is -5.35. The Balaban J connectivity index is 0.777. The van der Waals surface area contributed by atoms with E-state index in [2.05, 4.69) is 55.9 Å². The van der Waals surface area contributed by atoms with Crippen LogP contribution < -0.4 is 31.1 Å². The number of piperidine rings is 3. The number of pyridine rings is 1. The number of carbonyl (C=O) groups excluding carboxylic acids is 2. The van der Waals surface area contributed by atoms with Gasteiger partial charge in [0.25, 0.3) is 5.56 Å². The molecule has 3 saturated heterocycles. The first-order chi connectivity index (χ1) is 29.8. The minimum Gasteiger partial charge on any atom is -0.480 e. The summed E-state index contributed by atoms with van der Waals surface area (Å²) >= 11 is 6.66. The SMILES string of the molecule is C[C@H]1CN(c2ncc(Cl)c(Nc3ccc4c(c3)c3c(c(=O)n4C)OCC(F)(F)C(C4CC4)N3)n2)CC[C@H]1CN1CCC(c2ccc3c(C4CCC(=O)NC4=O)nn(C)c3c2)CC1. The third-order valence-electron chi connectivity index (χ3n) is 14.0. The predicted octanol–water partition coefficient (Wildman–Crippen LogP) is 6.69. The number of hydrogen-bond acceptors (Lipinski definition) is 11. The van der Waals surface area contributed by atoms with Gasteiger partial charge in [0.2, 0.25) is 23.5 Å². The summed E-state index contributed by atoms with van der Waals surface area (Å²) in [5, 5.41) is 15.5. The standard InChI is InChI=1S/C45H51ClF2N10O4/c1-24-21-58(17-14-28(24)22-57-15-12-25(13-16-57)27-6-8-30-35(18-27)56(3)54-37(30)31-9-11-36(59)51-42(31)60)44-49-20-33(46)41(53-44)50-29-7-10-34-32(19-29)38-39(43(61)55(34)2)62-23-45(47,48)40(52-38)26-4-5-26/h6-8,10,18-20,24-26,28,31,40,52H,4-5,9,11-17,21-23H2,1-3H3,(H,49,50,53)(H,51,59,60)/t24-,28-,31?,40?/m0/s1. The molecule has 62 heavy (non-hydrogen) atoms. The molecule has 0 spiro atoms. The van der Waals surface area contributed by atoms with Crippen molar-refractivity contribution < 1.29 is 23.1 Å². The summed E-state index contributed by atoms with van der Waals surface area (Å²) in [7, 11) is 3.53. The topological polar surface area (TPSA) is 152 Å². The molecule has 4 fully saturated rings. The average molecular weight is 869 g/mol. The lowest BCUT2D eigenvalue weighted by Gasteiger charge is -2.41. The number of amides is 2. The smallest absolute Gasteiger partial charge is 0.301 e. The molecule has 1 saturated carbocycles. The molecular weight excluding hydrogens is 818 g/mol. The molecule has 14 nitrogen and oxygen atoms in total. The summed E-state index contributed by atoms with van der Waals surface area (Å²) in [6, 6.07) is 10.8. The number of halogens is 3. The minimum atomic E-state index is -3.13. The van der Waals surface area contributed by atoms with Crippen LogP contribution in [0.15, 0.2) is 47.4 Å². The molecule has 326 valence electrons. The van der Waals surface area contributed by atoms with E-state index in [9.17, 15) is 14.4 Å². The zero-order chi connectivity index (χ0) is 43.0. The van der Waals surface area contributed by atoms with Crippen molar-refractivity contribution in [3.63, 3.8) is 0 Å². The summed E-state index contributed by atoms with van der Waals surface area (Å²) in [4.78, 5) is 51.9. The van der Waals surface area contributed by atoms with Gasteiger partial charge in [-0.05, 0) is 105 Å². The summed E-state index contributed by atoms with van der Waals surface area (Å²) in [5.74, 6) is -1.92. The highest BCUT2D eigenvalue weighted by molar-refractivity contribution is 6.33. The van der Waals surface area contributed by atoms with Gasteiger partial charge in [0.15, 0.2) is 12.4 Å². The van der Waals surface area contributed by atoms with Crippen LogP contribution in [0.4, 0.5) is 31.9 Å². The Bertz CT molecular complexity index is 2660. The van der Waals surface area contributed by atoms with Crippen LogP contribution in [-0.2, 0) is 23.7 Å². The first kappa shape index (κ1) is 40.7. The number of ether oxygens (including phenoxy) is 1. The molecule has 2 unspecified atom stereocenters. The van der Waals surface area contributed by atoms with E-state index in [1.165, 1.54) is 10.1 Å². The van der Waals surface area contributed by atoms with Crippen molar-refractivity contribution in [2.24, 2.45) is 31.8 Å². The Morgan fingerprint density at radius 1 is 0.968 bits per heavy atom. The lowest BCUT2D eigenvalue weighted by atomic mass is 9.84. The maximum absolute atomic E-state index is 15.2. The van der Waals surface area contributed by atoms with Crippen LogP contribution in [0.3, 0.4) is 0 Å². The van der Waals surface area contributed by atoms with Crippen molar-refractivity contribution in [3.8, 4) is 5.75 Å². The largest absolute Gasteiger partial charge is 0.480 e. The Kier molecular flexibility index (Phi) is 10.4. The second-order valence-electron chi connectivity index (χ2n) is 18.1. The zero-order valence-electron chi connectivity index (χ0n) is 35.1. The van der Waals surface area contributed by atoms with Gasteiger partial charge in [-0.15, -0.1) is 0 Å². The highest BCUT2D eigenvalue weighted by atomic mass is 35.5. The average Bonchev–Trinajstić information content (AvgIpc) is 4.06. The molecule has 3 N–H and O–H groups in total. The molecule has 4 aliphatic heterocycles. The number of benzene rings is 2. The first-order valence-electron chi connectivity index (χ1n) is 21.8. The van der Waals surface area contributed by atoms with Crippen LogP contribution in [0.5, 0.6) is 5.75 Å². The van der Waals surface area contributed by atoms with Crippen LogP contribution in [0.2, 0.25) is 5.02 Å². The fourth-order valence-corrected chi connectivity index (χ4v) is 10.4. The van der Waals surface area contributed by atoms with Gasteiger partial charge in [0, 0.05) is 56.6 Å². The number of likely N-dealkylation sites (tertiary alicyclic amines) is 1. The fourth-order valence-electron chi connectivity index (χ4n) is 10.2. The zero-order valence-corrected chi connectivity index (χ0v) is 35.9. The van der Waals surface area contributed by atoms with Gasteiger partial charge in [-0.25, -0.2) is 13.8 Å². The number of aromatic nitrogens is 5. The molecule has 7 heterocycles. The number of carbonyl (C=O) groups is 2. The molecular formula is C45H51ClF2N10O4. The van der Waals surface area contributed by atoms with E-state index in [4.69, 9.17) is 26.4 Å². The van der Waals surface area contributed by atoms with Crippen molar-refractivity contribution in [2.45, 2.75) is 75.7 Å². The van der Waals surface area contributed by atoms with Gasteiger partial charge in [0.05, 0.1) is 40.6 Å².